The summed E-state index contributed by atoms with van der Waals surface area (Å²) in [6, 6.07) is -0.278. The Labute approximate surface area is 125 Å². The van der Waals surface area contributed by atoms with Crippen molar-refractivity contribution < 1.29 is 17.9 Å². The van der Waals surface area contributed by atoms with Gasteiger partial charge in [-0.3, -0.25) is 9.47 Å². The van der Waals surface area contributed by atoms with Crippen LogP contribution in [-0.4, -0.2) is 53.9 Å². The first kappa shape index (κ1) is 14.6. The number of fused-ring (bicyclic) bond motifs is 1. The molecular weight excluding hydrogens is 312 g/mol. The average Bonchev–Trinajstić information content (AvgIpc) is 3.01. The Morgan fingerprint density at radius 2 is 2.27 bits per heavy atom. The zero-order chi connectivity index (χ0) is 15.9. The standard InChI is InChI=1S/C12H14N4O5S/c1-21-12(18)9-5-16(4-8-10(9)13-14-11(8)17)15-7-2-3-22(19,20)6-7/h4-5,7,15H,2-3,6H2,1H3,(H,14,17)/t7-/m0/s1. The number of H-pyrrole nitrogens is 1. The van der Waals surface area contributed by atoms with E-state index in [2.05, 4.69) is 20.4 Å². The van der Waals surface area contributed by atoms with Crippen molar-refractivity contribution in [1.29, 1.82) is 0 Å². The monoisotopic (exact) mass is 326 g/mol. The molecule has 0 unspecified atom stereocenters. The third kappa shape index (κ3) is 2.56. The van der Waals surface area contributed by atoms with Crippen molar-refractivity contribution in [3.8, 4) is 11.3 Å². The van der Waals surface area contributed by atoms with Crippen LogP contribution in [0.1, 0.15) is 16.8 Å². The largest absolute Gasteiger partial charge is 0.465 e. The van der Waals surface area contributed by atoms with E-state index in [1.165, 1.54) is 24.2 Å². The quantitative estimate of drug-likeness (QED) is 0.707. The van der Waals surface area contributed by atoms with Gasteiger partial charge in [0.05, 0.1) is 30.2 Å². The average molecular weight is 326 g/mol. The number of ether oxygens (including phenoxy) is 1. The summed E-state index contributed by atoms with van der Waals surface area (Å²) >= 11 is 0. The molecule has 0 amide bonds. The fourth-order valence-electron chi connectivity index (χ4n) is 2.48. The molecule has 9 nitrogen and oxygen atoms in total. The molecule has 1 fully saturated rings. The van der Waals surface area contributed by atoms with Crippen LogP contribution in [0.15, 0.2) is 17.2 Å². The lowest BCUT2D eigenvalue weighted by molar-refractivity contribution is 0.0600. The van der Waals surface area contributed by atoms with E-state index in [9.17, 15) is 18.0 Å². The minimum Gasteiger partial charge on any atom is -0.465 e. The lowest BCUT2D eigenvalue weighted by atomic mass is 10.1. The van der Waals surface area contributed by atoms with Gasteiger partial charge in [0.2, 0.25) is 0 Å². The summed E-state index contributed by atoms with van der Waals surface area (Å²) in [5.41, 5.74) is 3.09. The molecule has 0 spiro atoms. The highest BCUT2D eigenvalue weighted by atomic mass is 32.2. The number of carbonyl (C=O) groups excluding carboxylic acids is 1. The minimum absolute atomic E-state index is 0.0151. The van der Waals surface area contributed by atoms with Crippen LogP contribution in [0.3, 0.4) is 0 Å². The Hall–Kier alpha value is -2.36. The van der Waals surface area contributed by atoms with Crippen molar-refractivity contribution >= 4 is 15.8 Å². The van der Waals surface area contributed by atoms with Crippen LogP contribution >= 0.6 is 0 Å². The molecule has 10 heteroatoms. The van der Waals surface area contributed by atoms with Gasteiger partial charge in [-0.25, -0.2) is 18.3 Å². The number of aromatic amines is 1. The maximum atomic E-state index is 11.8. The van der Waals surface area contributed by atoms with Gasteiger partial charge in [0.25, 0.3) is 5.56 Å². The number of methoxy groups -OCH3 is 1. The van der Waals surface area contributed by atoms with E-state index in [1.54, 1.807) is 0 Å². The molecule has 118 valence electrons. The van der Waals surface area contributed by atoms with E-state index in [0.29, 0.717) is 6.42 Å². The van der Waals surface area contributed by atoms with Gasteiger partial charge in [-0.1, -0.05) is 0 Å². The summed E-state index contributed by atoms with van der Waals surface area (Å²) in [6.45, 7) is 0. The number of hydrogen-bond donors (Lipinski definition) is 2. The van der Waals surface area contributed by atoms with Crippen LogP contribution in [0.5, 0.6) is 0 Å². The van der Waals surface area contributed by atoms with Crippen LogP contribution < -0.4 is 11.0 Å². The van der Waals surface area contributed by atoms with Gasteiger partial charge in [0, 0.05) is 12.4 Å². The molecule has 0 aliphatic carbocycles. The Balaban J connectivity index is 1.99. The van der Waals surface area contributed by atoms with E-state index >= 15 is 0 Å². The molecule has 0 radical (unpaired) electrons. The predicted octanol–water partition coefficient (Wildman–Crippen LogP) is -0.807. The second-order valence-corrected chi connectivity index (χ2v) is 7.34. The SMILES string of the molecule is COC(=O)c1cn(N[C@H]2CCS(=O)(=O)C2)cc2c(=O)[nH]nc1-2. The van der Waals surface area contributed by atoms with Crippen molar-refractivity contribution in [2.24, 2.45) is 0 Å². The Bertz CT molecular complexity index is 853. The van der Waals surface area contributed by atoms with Gasteiger partial charge in [-0.05, 0) is 6.42 Å². The number of nitrogens with one attached hydrogen (secondary N) is 2. The normalized spacial score (nSPS) is 20.1. The number of nitrogens with zero attached hydrogens (tertiary/aromatic N) is 2. The summed E-state index contributed by atoms with van der Waals surface area (Å²) in [5, 5.41) is 6.09. The molecule has 3 heterocycles. The molecule has 3 rings (SSSR count). The topological polar surface area (TPSA) is 123 Å². The highest BCUT2D eigenvalue weighted by molar-refractivity contribution is 7.91. The highest BCUT2D eigenvalue weighted by Gasteiger charge is 2.29. The molecule has 1 atom stereocenters. The molecule has 1 saturated heterocycles. The highest BCUT2D eigenvalue weighted by Crippen LogP contribution is 2.21. The lowest BCUT2D eigenvalue weighted by Gasteiger charge is -2.17. The maximum Gasteiger partial charge on any atom is 0.341 e. The van der Waals surface area contributed by atoms with Gasteiger partial charge in [-0.2, -0.15) is 5.10 Å². The van der Waals surface area contributed by atoms with Crippen molar-refractivity contribution in [3.05, 3.63) is 28.3 Å². The molecule has 22 heavy (non-hydrogen) atoms. The Morgan fingerprint density at radius 3 is 2.91 bits per heavy atom. The lowest BCUT2D eigenvalue weighted by Crippen LogP contribution is -2.30. The molecule has 0 aromatic carbocycles. The number of rotatable bonds is 3. The molecule has 3 aliphatic heterocycles. The third-order valence-corrected chi connectivity index (χ3v) is 5.30. The molecule has 0 aromatic rings. The van der Waals surface area contributed by atoms with Gasteiger partial charge < -0.3 is 10.2 Å². The van der Waals surface area contributed by atoms with Gasteiger partial charge in [0.15, 0.2) is 9.84 Å². The Kier molecular flexibility index (Phi) is 3.39. The number of aromatic nitrogens is 3. The van der Waals surface area contributed by atoms with E-state index in [0.717, 1.165) is 0 Å². The third-order valence-electron chi connectivity index (χ3n) is 3.53. The Morgan fingerprint density at radius 1 is 1.50 bits per heavy atom. The van der Waals surface area contributed by atoms with Crippen LogP contribution in [0.2, 0.25) is 0 Å². The van der Waals surface area contributed by atoms with Gasteiger partial charge >= 0.3 is 5.97 Å². The number of sulfone groups is 1. The zero-order valence-corrected chi connectivity index (χ0v) is 12.5. The van der Waals surface area contributed by atoms with Crippen LogP contribution in [0, 0.1) is 0 Å². The molecule has 0 bridgehead atoms. The number of carbonyl (C=O) groups is 1. The molecule has 2 N–H and O–H groups in total. The van der Waals surface area contributed by atoms with Crippen molar-refractivity contribution in [2.45, 2.75) is 12.5 Å². The van der Waals surface area contributed by atoms with Gasteiger partial charge in [0.1, 0.15) is 11.3 Å². The predicted molar refractivity (Wildman–Crippen MR) is 77.2 cm³/mol. The van der Waals surface area contributed by atoms with E-state index in [4.69, 9.17) is 0 Å². The molecule has 3 aliphatic rings. The first-order chi connectivity index (χ1) is 10.4. The van der Waals surface area contributed by atoms with E-state index < -0.39 is 21.4 Å². The smallest absolute Gasteiger partial charge is 0.341 e. The maximum absolute atomic E-state index is 11.8. The van der Waals surface area contributed by atoms with Crippen LogP contribution in [-0.2, 0) is 14.6 Å². The van der Waals surface area contributed by atoms with Gasteiger partial charge in [-0.15, -0.1) is 0 Å². The van der Waals surface area contributed by atoms with E-state index in [1.807, 2.05) is 0 Å². The second kappa shape index (κ2) is 5.13. The number of hydrogen-bond acceptors (Lipinski definition) is 7. The summed E-state index contributed by atoms with van der Waals surface area (Å²) in [5.74, 6) is -0.497. The number of pyridine rings is 1. The fourth-order valence-corrected chi connectivity index (χ4v) is 4.14. The van der Waals surface area contributed by atoms with Crippen LogP contribution in [0.4, 0.5) is 0 Å². The fraction of sp³-hybridized carbons (Fsp3) is 0.417. The van der Waals surface area contributed by atoms with Crippen molar-refractivity contribution in [1.82, 2.24) is 14.9 Å². The summed E-state index contributed by atoms with van der Waals surface area (Å²) in [6.07, 6.45) is 3.37. The second-order valence-electron chi connectivity index (χ2n) is 5.11. The summed E-state index contributed by atoms with van der Waals surface area (Å²) in [7, 11) is -1.80. The molecule has 0 aromatic heterocycles. The number of esters is 1. The van der Waals surface area contributed by atoms with Crippen LogP contribution in [0.25, 0.3) is 11.3 Å². The van der Waals surface area contributed by atoms with Crippen molar-refractivity contribution in [2.75, 3.05) is 24.0 Å². The first-order valence-corrected chi connectivity index (χ1v) is 8.37. The minimum atomic E-state index is -3.03. The first-order valence-electron chi connectivity index (χ1n) is 6.55. The van der Waals surface area contributed by atoms with Crippen molar-refractivity contribution in [3.63, 3.8) is 0 Å². The van der Waals surface area contributed by atoms with E-state index in [-0.39, 0.29) is 34.4 Å². The molecule has 0 saturated carbocycles. The zero-order valence-electron chi connectivity index (χ0n) is 11.7. The summed E-state index contributed by atoms with van der Waals surface area (Å²) < 4.78 is 29.1. The summed E-state index contributed by atoms with van der Waals surface area (Å²) in [4.78, 5) is 23.5. The molecular formula is C12H14N4O5S.